The van der Waals surface area contributed by atoms with Crippen molar-refractivity contribution in [3.05, 3.63) is 58.5 Å². The molecule has 3 rings (SSSR count). The van der Waals surface area contributed by atoms with E-state index < -0.39 is 10.0 Å². The van der Waals surface area contributed by atoms with E-state index >= 15 is 0 Å². The Bertz CT molecular complexity index is 1020. The third-order valence-electron chi connectivity index (χ3n) is 5.79. The third-order valence-corrected chi connectivity index (χ3v) is 7.26. The fourth-order valence-corrected chi connectivity index (χ4v) is 4.99. The van der Waals surface area contributed by atoms with Crippen LogP contribution in [-0.2, 0) is 16.6 Å². The molecule has 0 aromatic heterocycles. The van der Waals surface area contributed by atoms with Crippen molar-refractivity contribution in [2.75, 3.05) is 39.8 Å². The van der Waals surface area contributed by atoms with Crippen molar-refractivity contribution >= 4 is 10.0 Å². The first-order chi connectivity index (χ1) is 15.5. The van der Waals surface area contributed by atoms with Gasteiger partial charge in [0.2, 0.25) is 10.0 Å². The molecule has 1 aliphatic rings. The number of benzene rings is 2. The summed E-state index contributed by atoms with van der Waals surface area (Å²) in [4.78, 5) is 5.22. The number of sulfonamides is 1. The van der Waals surface area contributed by atoms with Gasteiger partial charge in [0.1, 0.15) is 5.75 Å². The number of azide groups is 1. The van der Waals surface area contributed by atoms with Crippen molar-refractivity contribution in [2.45, 2.75) is 24.3 Å². The molecule has 1 heterocycles. The predicted octanol–water partition coefficient (Wildman–Crippen LogP) is 3.16. The van der Waals surface area contributed by atoms with E-state index in [1.165, 1.54) is 0 Å². The molecular weight excluding hydrogens is 430 g/mol. The molecule has 0 aliphatic carbocycles. The van der Waals surface area contributed by atoms with Crippen molar-refractivity contribution < 1.29 is 18.3 Å². The van der Waals surface area contributed by atoms with Gasteiger partial charge in [0.25, 0.3) is 0 Å². The van der Waals surface area contributed by atoms with Gasteiger partial charge in [0.05, 0.1) is 18.6 Å². The Kier molecular flexibility index (Phi) is 8.49. The van der Waals surface area contributed by atoms with E-state index in [9.17, 15) is 13.5 Å². The van der Waals surface area contributed by atoms with E-state index in [1.807, 2.05) is 6.07 Å². The van der Waals surface area contributed by atoms with Crippen LogP contribution in [0.3, 0.4) is 0 Å². The zero-order valence-electron chi connectivity index (χ0n) is 18.1. The molecule has 0 radical (unpaired) electrons. The second-order valence-corrected chi connectivity index (χ2v) is 9.54. The first-order valence-electron chi connectivity index (χ1n) is 10.6. The highest BCUT2D eigenvalue weighted by Gasteiger charge is 2.20. The molecule has 0 amide bonds. The van der Waals surface area contributed by atoms with Crippen LogP contribution in [0.5, 0.6) is 5.75 Å². The Balaban J connectivity index is 1.59. The predicted molar refractivity (Wildman–Crippen MR) is 123 cm³/mol. The van der Waals surface area contributed by atoms with Crippen LogP contribution in [0, 0.1) is 5.92 Å². The maximum Gasteiger partial charge on any atom is 0.240 e. The first kappa shape index (κ1) is 24.0. The lowest BCUT2D eigenvalue weighted by atomic mass is 9.97. The van der Waals surface area contributed by atoms with Gasteiger partial charge in [-0.05, 0) is 66.7 Å². The average Bonchev–Trinajstić information content (AvgIpc) is 2.83. The number of hydrogen-bond acceptors (Lipinski definition) is 6. The lowest BCUT2D eigenvalue weighted by molar-refractivity contribution is 0.190. The van der Waals surface area contributed by atoms with Crippen LogP contribution in [-0.4, -0.2) is 58.3 Å². The molecule has 2 N–H and O–H groups in total. The molecule has 1 saturated heterocycles. The monoisotopic (exact) mass is 459 g/mol. The van der Waals surface area contributed by atoms with Crippen LogP contribution in [0.25, 0.3) is 21.6 Å². The van der Waals surface area contributed by atoms with Crippen molar-refractivity contribution in [3.63, 3.8) is 0 Å². The van der Waals surface area contributed by atoms with Crippen molar-refractivity contribution in [1.82, 2.24) is 9.62 Å². The zero-order chi connectivity index (χ0) is 23.0. The standard InChI is InChI=1S/C22H29N5O4S/c1-31-21-4-2-3-19(16-28)22(21)18-5-7-20(8-6-18)32(29,30)25-11-14-27-12-9-17(10-13-27)15-24-26-23/h2-8,17,25,28H,9-16H2,1H3. The van der Waals surface area contributed by atoms with E-state index in [2.05, 4.69) is 19.6 Å². The third kappa shape index (κ3) is 5.99. The van der Waals surface area contributed by atoms with E-state index in [1.54, 1.807) is 43.5 Å². The maximum absolute atomic E-state index is 12.7. The second-order valence-electron chi connectivity index (χ2n) is 7.77. The number of likely N-dealkylation sites (tertiary alicyclic amines) is 1. The van der Waals surface area contributed by atoms with Crippen molar-refractivity contribution in [2.24, 2.45) is 11.0 Å². The normalized spacial score (nSPS) is 15.3. The van der Waals surface area contributed by atoms with Gasteiger partial charge in [-0.25, -0.2) is 13.1 Å². The van der Waals surface area contributed by atoms with Crippen LogP contribution >= 0.6 is 0 Å². The van der Waals surface area contributed by atoms with E-state index in [-0.39, 0.29) is 11.5 Å². The molecule has 2 aromatic carbocycles. The number of nitrogens with one attached hydrogen (secondary N) is 1. The number of hydrogen-bond donors (Lipinski definition) is 2. The summed E-state index contributed by atoms with van der Waals surface area (Å²) < 4.78 is 33.5. The zero-order valence-corrected chi connectivity index (χ0v) is 19.0. The smallest absolute Gasteiger partial charge is 0.240 e. The molecule has 0 atom stereocenters. The summed E-state index contributed by atoms with van der Waals surface area (Å²) in [7, 11) is -2.07. The summed E-state index contributed by atoms with van der Waals surface area (Å²) in [6.07, 6.45) is 1.90. The Morgan fingerprint density at radius 3 is 2.56 bits per heavy atom. The fourth-order valence-electron chi connectivity index (χ4n) is 3.97. The van der Waals surface area contributed by atoms with Gasteiger partial charge >= 0.3 is 0 Å². The van der Waals surface area contributed by atoms with Crippen LogP contribution in [0.4, 0.5) is 0 Å². The first-order valence-corrected chi connectivity index (χ1v) is 12.1. The lowest BCUT2D eigenvalue weighted by Gasteiger charge is -2.31. The number of aliphatic hydroxyl groups excluding tert-OH is 1. The fraction of sp³-hybridized carbons (Fsp3) is 0.455. The number of rotatable bonds is 10. The summed E-state index contributed by atoms with van der Waals surface area (Å²) in [6, 6.07) is 12.0. The highest BCUT2D eigenvalue weighted by molar-refractivity contribution is 7.89. The van der Waals surface area contributed by atoms with Gasteiger partial charge < -0.3 is 14.7 Å². The van der Waals surface area contributed by atoms with Crippen LogP contribution < -0.4 is 9.46 Å². The average molecular weight is 460 g/mol. The topological polar surface area (TPSA) is 128 Å². The summed E-state index contributed by atoms with van der Waals surface area (Å²) in [6.45, 7) is 3.08. The highest BCUT2D eigenvalue weighted by Crippen LogP contribution is 2.34. The van der Waals surface area contributed by atoms with Gasteiger partial charge in [-0.1, -0.05) is 29.4 Å². The molecular formula is C22H29N5O4S. The van der Waals surface area contributed by atoms with E-state index in [0.29, 0.717) is 36.9 Å². The maximum atomic E-state index is 12.7. The molecule has 0 unspecified atom stereocenters. The Labute approximate surface area is 188 Å². The number of piperidine rings is 1. The number of aliphatic hydroxyl groups is 1. The van der Waals surface area contributed by atoms with E-state index in [0.717, 1.165) is 37.1 Å². The summed E-state index contributed by atoms with van der Waals surface area (Å²) in [5, 5.41) is 13.3. The van der Waals surface area contributed by atoms with E-state index in [4.69, 9.17) is 10.3 Å². The number of methoxy groups -OCH3 is 1. The molecule has 10 heteroatoms. The summed E-state index contributed by atoms with van der Waals surface area (Å²) in [5.41, 5.74) is 10.7. The lowest BCUT2D eigenvalue weighted by Crippen LogP contribution is -2.40. The molecule has 0 saturated carbocycles. The van der Waals surface area contributed by atoms with Crippen LogP contribution in [0.15, 0.2) is 52.5 Å². The highest BCUT2D eigenvalue weighted by atomic mass is 32.2. The Hall–Kier alpha value is -2.62. The largest absolute Gasteiger partial charge is 0.496 e. The number of nitrogens with zero attached hydrogens (tertiary/aromatic N) is 4. The van der Waals surface area contributed by atoms with Crippen LogP contribution in [0.1, 0.15) is 18.4 Å². The molecule has 2 aromatic rings. The molecule has 32 heavy (non-hydrogen) atoms. The minimum atomic E-state index is -3.63. The quantitative estimate of drug-likeness (QED) is 0.320. The molecule has 0 spiro atoms. The second kappa shape index (κ2) is 11.3. The molecule has 172 valence electrons. The Morgan fingerprint density at radius 2 is 1.94 bits per heavy atom. The van der Waals surface area contributed by atoms with Gasteiger partial charge in [-0.3, -0.25) is 0 Å². The molecule has 9 nitrogen and oxygen atoms in total. The van der Waals surface area contributed by atoms with Crippen molar-refractivity contribution in [3.8, 4) is 16.9 Å². The SMILES string of the molecule is COc1cccc(CO)c1-c1ccc(S(=O)(=O)NCCN2CCC(CN=[N+]=[N-])CC2)cc1. The van der Waals surface area contributed by atoms with Gasteiger partial charge in [-0.2, -0.15) is 0 Å². The molecule has 1 fully saturated rings. The van der Waals surface area contributed by atoms with Crippen LogP contribution in [0.2, 0.25) is 0 Å². The molecule has 1 aliphatic heterocycles. The summed E-state index contributed by atoms with van der Waals surface area (Å²) in [5.74, 6) is 1.03. The number of ether oxygens (including phenoxy) is 1. The molecule has 0 bridgehead atoms. The van der Waals surface area contributed by atoms with Gasteiger partial charge in [0.15, 0.2) is 0 Å². The van der Waals surface area contributed by atoms with Gasteiger partial charge in [0, 0.05) is 30.1 Å². The van der Waals surface area contributed by atoms with Crippen molar-refractivity contribution in [1.29, 1.82) is 0 Å². The minimum Gasteiger partial charge on any atom is -0.496 e. The Morgan fingerprint density at radius 1 is 1.22 bits per heavy atom. The summed E-state index contributed by atoms with van der Waals surface area (Å²) >= 11 is 0. The van der Waals surface area contributed by atoms with Gasteiger partial charge in [-0.15, -0.1) is 0 Å². The minimum absolute atomic E-state index is 0.142.